The van der Waals surface area contributed by atoms with Gasteiger partial charge in [0, 0.05) is 0 Å². The summed E-state index contributed by atoms with van der Waals surface area (Å²) in [6.45, 7) is 6.05. The summed E-state index contributed by atoms with van der Waals surface area (Å²) in [5.74, 6) is 1.52. The zero-order valence-corrected chi connectivity index (χ0v) is 16.9. The first-order valence-corrected chi connectivity index (χ1v) is 10.3. The SMILES string of the molecule is Cc1nc2sc([C@@H](c3ccc(Cl)c(Cl)c3)N3CCC(C)CC3)c(O)n2n1. The summed E-state index contributed by atoms with van der Waals surface area (Å²) in [6.07, 6.45) is 2.27. The van der Waals surface area contributed by atoms with Gasteiger partial charge in [0.25, 0.3) is 0 Å². The highest BCUT2D eigenvalue weighted by atomic mass is 35.5. The van der Waals surface area contributed by atoms with E-state index < -0.39 is 0 Å². The molecule has 2 aromatic heterocycles. The Balaban J connectivity index is 1.82. The van der Waals surface area contributed by atoms with E-state index in [1.165, 1.54) is 15.9 Å². The van der Waals surface area contributed by atoms with Crippen molar-refractivity contribution in [3.63, 3.8) is 0 Å². The molecule has 1 atom stereocenters. The summed E-state index contributed by atoms with van der Waals surface area (Å²) in [4.78, 5) is 8.34. The van der Waals surface area contributed by atoms with Crippen molar-refractivity contribution in [3.05, 3.63) is 44.5 Å². The van der Waals surface area contributed by atoms with Crippen molar-refractivity contribution < 1.29 is 5.11 Å². The second kappa shape index (κ2) is 7.00. The van der Waals surface area contributed by atoms with Crippen LogP contribution < -0.4 is 0 Å². The predicted octanol–water partition coefficient (Wildman–Crippen LogP) is 4.93. The van der Waals surface area contributed by atoms with Gasteiger partial charge < -0.3 is 5.11 Å². The van der Waals surface area contributed by atoms with Crippen LogP contribution in [0.1, 0.15) is 42.1 Å². The Bertz CT molecular complexity index is 946. The van der Waals surface area contributed by atoms with Gasteiger partial charge in [-0.2, -0.15) is 4.52 Å². The molecule has 0 unspecified atom stereocenters. The summed E-state index contributed by atoms with van der Waals surface area (Å²) >= 11 is 13.9. The zero-order chi connectivity index (χ0) is 18.4. The van der Waals surface area contributed by atoms with E-state index in [-0.39, 0.29) is 11.9 Å². The maximum absolute atomic E-state index is 10.8. The fraction of sp³-hybridized carbons (Fsp3) is 0.444. The largest absolute Gasteiger partial charge is 0.492 e. The molecule has 26 heavy (non-hydrogen) atoms. The lowest BCUT2D eigenvalue weighted by Gasteiger charge is -2.36. The Morgan fingerprint density at radius 1 is 1.23 bits per heavy atom. The minimum absolute atomic E-state index is 0.0916. The zero-order valence-electron chi connectivity index (χ0n) is 14.6. The molecule has 3 aromatic rings. The van der Waals surface area contributed by atoms with Crippen molar-refractivity contribution in [2.24, 2.45) is 5.92 Å². The average molecular weight is 411 g/mol. The smallest absolute Gasteiger partial charge is 0.230 e. The number of likely N-dealkylation sites (tertiary alicyclic amines) is 1. The molecule has 3 heterocycles. The molecule has 0 bridgehead atoms. The normalized spacial score (nSPS) is 17.8. The van der Waals surface area contributed by atoms with Gasteiger partial charge in [0.1, 0.15) is 5.82 Å². The molecule has 1 N–H and O–H groups in total. The summed E-state index contributed by atoms with van der Waals surface area (Å²) in [6, 6.07) is 5.60. The van der Waals surface area contributed by atoms with E-state index in [1.807, 2.05) is 25.1 Å². The van der Waals surface area contributed by atoms with E-state index in [1.54, 1.807) is 0 Å². The maximum Gasteiger partial charge on any atom is 0.230 e. The molecule has 0 aliphatic carbocycles. The number of hydrogen-bond donors (Lipinski definition) is 1. The summed E-state index contributed by atoms with van der Waals surface area (Å²) in [7, 11) is 0. The van der Waals surface area contributed by atoms with Crippen molar-refractivity contribution in [1.82, 2.24) is 19.5 Å². The van der Waals surface area contributed by atoms with Gasteiger partial charge in [-0.25, -0.2) is 4.98 Å². The van der Waals surface area contributed by atoms with Crippen molar-refractivity contribution in [1.29, 1.82) is 0 Å². The molecule has 138 valence electrons. The van der Waals surface area contributed by atoms with E-state index >= 15 is 0 Å². The van der Waals surface area contributed by atoms with Crippen LogP contribution in [0, 0.1) is 12.8 Å². The summed E-state index contributed by atoms with van der Waals surface area (Å²) < 4.78 is 1.52. The van der Waals surface area contributed by atoms with Crippen LogP contribution >= 0.6 is 34.5 Å². The number of thiazole rings is 1. The number of aryl methyl sites for hydroxylation is 1. The summed E-state index contributed by atoms with van der Waals surface area (Å²) in [5, 5.41) is 16.2. The fourth-order valence-corrected chi connectivity index (χ4v) is 4.99. The van der Waals surface area contributed by atoms with Crippen molar-refractivity contribution >= 4 is 39.5 Å². The van der Waals surface area contributed by atoms with Gasteiger partial charge in [-0.05, 0) is 56.5 Å². The lowest BCUT2D eigenvalue weighted by atomic mass is 9.95. The molecule has 1 fully saturated rings. The first-order chi connectivity index (χ1) is 12.4. The van der Waals surface area contributed by atoms with Crippen LogP contribution in [0.25, 0.3) is 4.96 Å². The first kappa shape index (κ1) is 18.0. The number of halogens is 2. The molecule has 0 spiro atoms. The standard InChI is InChI=1S/C18H20Cl2N4OS/c1-10-5-7-23(8-6-10)15(12-3-4-13(19)14(20)9-12)16-17(25)24-18(26-16)21-11(2)22-24/h3-4,9-10,15,25H,5-8H2,1-2H3/t15-/m1/s1. The van der Waals surface area contributed by atoms with E-state index in [0.29, 0.717) is 20.8 Å². The Hall–Kier alpha value is -1.34. The first-order valence-electron chi connectivity index (χ1n) is 8.68. The van der Waals surface area contributed by atoms with Crippen molar-refractivity contribution in [2.75, 3.05) is 13.1 Å². The average Bonchev–Trinajstić information content (AvgIpc) is 3.11. The molecule has 1 aliphatic rings. The van der Waals surface area contributed by atoms with Crippen molar-refractivity contribution in [3.8, 4) is 5.88 Å². The Labute approximate surface area is 166 Å². The molecule has 1 saturated heterocycles. The Morgan fingerprint density at radius 3 is 2.62 bits per heavy atom. The van der Waals surface area contributed by atoms with Gasteiger partial charge in [0.2, 0.25) is 10.8 Å². The highest BCUT2D eigenvalue weighted by molar-refractivity contribution is 7.17. The topological polar surface area (TPSA) is 53.7 Å². The fourth-order valence-electron chi connectivity index (χ4n) is 3.52. The number of fused-ring (bicyclic) bond motifs is 1. The van der Waals surface area contributed by atoms with Crippen LogP contribution in [0.15, 0.2) is 18.2 Å². The number of rotatable bonds is 3. The highest BCUT2D eigenvalue weighted by Crippen LogP contribution is 2.42. The number of hydrogen-bond acceptors (Lipinski definition) is 5. The highest BCUT2D eigenvalue weighted by Gasteiger charge is 2.31. The maximum atomic E-state index is 10.8. The molecule has 0 saturated carbocycles. The van der Waals surface area contributed by atoms with Gasteiger partial charge >= 0.3 is 0 Å². The van der Waals surface area contributed by atoms with E-state index in [9.17, 15) is 5.11 Å². The second-order valence-corrected chi connectivity index (χ2v) is 8.76. The lowest BCUT2D eigenvalue weighted by molar-refractivity contribution is 0.157. The van der Waals surface area contributed by atoms with Gasteiger partial charge in [-0.3, -0.25) is 4.90 Å². The Morgan fingerprint density at radius 2 is 1.96 bits per heavy atom. The molecule has 1 aliphatic heterocycles. The number of aromatic hydroxyl groups is 1. The van der Waals surface area contributed by atoms with E-state index in [0.717, 1.165) is 42.3 Å². The molecule has 0 radical (unpaired) electrons. The van der Waals surface area contributed by atoms with Crippen LogP contribution in [-0.4, -0.2) is 37.7 Å². The minimum atomic E-state index is -0.0916. The Kier molecular flexibility index (Phi) is 4.86. The second-order valence-electron chi connectivity index (χ2n) is 6.94. The number of benzene rings is 1. The lowest BCUT2D eigenvalue weighted by Crippen LogP contribution is -2.36. The van der Waals surface area contributed by atoms with Crippen LogP contribution in [-0.2, 0) is 0 Å². The molecule has 5 nitrogen and oxygen atoms in total. The molecule has 8 heteroatoms. The predicted molar refractivity (Wildman–Crippen MR) is 106 cm³/mol. The number of nitrogens with zero attached hydrogens (tertiary/aromatic N) is 4. The third-order valence-electron chi connectivity index (χ3n) is 5.00. The number of aromatic nitrogens is 3. The van der Waals surface area contributed by atoms with Gasteiger partial charge in [-0.1, -0.05) is 47.5 Å². The van der Waals surface area contributed by atoms with Gasteiger partial charge in [0.15, 0.2) is 0 Å². The molecule has 4 rings (SSSR count). The van der Waals surface area contributed by atoms with Crippen LogP contribution in [0.2, 0.25) is 10.0 Å². The molecule has 1 aromatic carbocycles. The third kappa shape index (κ3) is 3.20. The quantitative estimate of drug-likeness (QED) is 0.664. The van der Waals surface area contributed by atoms with Crippen LogP contribution in [0.3, 0.4) is 0 Å². The van der Waals surface area contributed by atoms with Crippen LogP contribution in [0.5, 0.6) is 5.88 Å². The van der Waals surface area contributed by atoms with Gasteiger partial charge in [-0.15, -0.1) is 5.10 Å². The van der Waals surface area contributed by atoms with Crippen LogP contribution in [0.4, 0.5) is 0 Å². The van der Waals surface area contributed by atoms with Crippen molar-refractivity contribution in [2.45, 2.75) is 32.7 Å². The molecular weight excluding hydrogens is 391 g/mol. The van der Waals surface area contributed by atoms with E-state index in [4.69, 9.17) is 23.2 Å². The van der Waals surface area contributed by atoms with E-state index in [2.05, 4.69) is 21.9 Å². The minimum Gasteiger partial charge on any atom is -0.492 e. The number of piperidine rings is 1. The molecular formula is C18H20Cl2N4OS. The van der Waals surface area contributed by atoms with Gasteiger partial charge in [0.05, 0.1) is 21.0 Å². The molecule has 0 amide bonds. The third-order valence-corrected chi connectivity index (χ3v) is 6.81. The summed E-state index contributed by atoms with van der Waals surface area (Å²) in [5.41, 5.74) is 1.02. The monoisotopic (exact) mass is 410 g/mol.